The second kappa shape index (κ2) is 9.27. The maximum Gasteiger partial charge on any atom is 0.416 e. The lowest BCUT2D eigenvalue weighted by Gasteiger charge is -2.37. The van der Waals surface area contributed by atoms with Gasteiger partial charge >= 0.3 is 12.1 Å². The monoisotopic (exact) mass is 481 g/mol. The second-order valence-electron chi connectivity index (χ2n) is 8.35. The fraction of sp³-hybridized carbons (Fsp3) is 0.375. The summed E-state index contributed by atoms with van der Waals surface area (Å²) in [5, 5.41) is 9.59. The minimum absolute atomic E-state index is 0.0541. The summed E-state index contributed by atoms with van der Waals surface area (Å²) in [7, 11) is 0. The van der Waals surface area contributed by atoms with Crippen molar-refractivity contribution in [3.8, 4) is 11.5 Å². The highest BCUT2D eigenvalue weighted by Gasteiger charge is 2.34. The molecule has 1 saturated heterocycles. The Labute approximate surface area is 194 Å². The molecule has 0 bridgehead atoms. The summed E-state index contributed by atoms with van der Waals surface area (Å²) in [4.78, 5) is 13.0. The van der Waals surface area contributed by atoms with E-state index < -0.39 is 17.7 Å². The molecule has 1 fully saturated rings. The van der Waals surface area contributed by atoms with Crippen molar-refractivity contribution in [2.45, 2.75) is 26.1 Å². The van der Waals surface area contributed by atoms with E-state index in [1.165, 1.54) is 6.07 Å². The summed E-state index contributed by atoms with van der Waals surface area (Å²) in [6, 6.07) is 9.17. The Kier molecular flexibility index (Phi) is 6.59. The lowest BCUT2D eigenvalue weighted by atomic mass is 9.98. The zero-order chi connectivity index (χ0) is 23.8. The van der Waals surface area contributed by atoms with Crippen molar-refractivity contribution in [1.82, 2.24) is 4.90 Å². The van der Waals surface area contributed by atoms with Gasteiger partial charge in [-0.25, -0.2) is 0 Å². The van der Waals surface area contributed by atoms with E-state index >= 15 is 0 Å². The van der Waals surface area contributed by atoms with Gasteiger partial charge in [0.2, 0.25) is 0 Å². The Morgan fingerprint density at radius 3 is 2.70 bits per heavy atom. The first-order chi connectivity index (χ1) is 15.6. The highest BCUT2D eigenvalue weighted by molar-refractivity contribution is 6.49. The summed E-state index contributed by atoms with van der Waals surface area (Å²) in [5.41, 5.74) is 1.51. The van der Waals surface area contributed by atoms with Gasteiger partial charge in [0, 0.05) is 43.2 Å². The van der Waals surface area contributed by atoms with E-state index in [2.05, 4.69) is 0 Å². The second-order valence-corrected chi connectivity index (χ2v) is 8.73. The summed E-state index contributed by atoms with van der Waals surface area (Å²) in [6.45, 7) is 3.31. The van der Waals surface area contributed by atoms with E-state index in [0.717, 1.165) is 11.6 Å². The van der Waals surface area contributed by atoms with Crippen molar-refractivity contribution < 1.29 is 32.5 Å². The topological polar surface area (TPSA) is 59.0 Å². The number of aryl methyl sites for hydroxylation is 1. The van der Waals surface area contributed by atoms with Crippen LogP contribution in [0.5, 0.6) is 11.5 Å². The Bertz CT molecular complexity index is 1090. The van der Waals surface area contributed by atoms with Crippen molar-refractivity contribution in [2.75, 3.05) is 26.2 Å². The van der Waals surface area contributed by atoms with E-state index in [1.54, 1.807) is 31.2 Å². The Morgan fingerprint density at radius 1 is 1.24 bits per heavy atom. The van der Waals surface area contributed by atoms with Gasteiger partial charge in [0.25, 0.3) is 0 Å². The zero-order valence-corrected chi connectivity index (χ0v) is 18.7. The fourth-order valence-corrected chi connectivity index (χ4v) is 4.30. The Balaban J connectivity index is 1.48. The average Bonchev–Trinajstić information content (AvgIpc) is 2.87. The standard InChI is InChI=1S/C24H23ClF3NO4/c1-14-2-3-16(20(8-14)24(26,27)28)13-33-18-4-5-19-21(9-18)32-7-6-15(22(19)25)10-29-11-17(12-29)23(30)31/h2-5,8-9,17H,6-7,10-13H2,1H3,(H,30,31). The number of rotatable bonds is 6. The van der Waals surface area contributed by atoms with Crippen LogP contribution in [0.25, 0.3) is 5.03 Å². The van der Waals surface area contributed by atoms with Crippen molar-refractivity contribution in [1.29, 1.82) is 0 Å². The van der Waals surface area contributed by atoms with E-state index in [1.807, 2.05) is 4.90 Å². The molecule has 2 aliphatic heterocycles. The van der Waals surface area contributed by atoms with Crippen LogP contribution in [-0.2, 0) is 17.6 Å². The van der Waals surface area contributed by atoms with Gasteiger partial charge in [-0.3, -0.25) is 9.69 Å². The van der Waals surface area contributed by atoms with Crippen LogP contribution in [0.4, 0.5) is 13.2 Å². The van der Waals surface area contributed by atoms with Crippen LogP contribution in [0.2, 0.25) is 0 Å². The van der Waals surface area contributed by atoms with Gasteiger partial charge in [0.1, 0.15) is 18.1 Å². The molecule has 2 aromatic carbocycles. The summed E-state index contributed by atoms with van der Waals surface area (Å²) in [5.74, 6) is -0.256. The molecule has 0 saturated carbocycles. The molecule has 2 aromatic rings. The highest BCUT2D eigenvalue weighted by atomic mass is 35.5. The largest absolute Gasteiger partial charge is 0.492 e. The SMILES string of the molecule is Cc1ccc(COc2ccc3c(c2)OCCC(CN2CC(C(=O)O)C2)=C3Cl)c(C(F)(F)F)c1. The molecule has 0 aliphatic carbocycles. The first kappa shape index (κ1) is 23.4. The molecule has 5 nitrogen and oxygen atoms in total. The first-order valence-corrected chi connectivity index (χ1v) is 10.9. The number of nitrogens with zero attached hydrogens (tertiary/aromatic N) is 1. The first-order valence-electron chi connectivity index (χ1n) is 10.5. The molecule has 9 heteroatoms. The molecule has 0 aromatic heterocycles. The molecule has 0 spiro atoms. The third-order valence-corrected chi connectivity index (χ3v) is 6.32. The van der Waals surface area contributed by atoms with Gasteiger partial charge < -0.3 is 14.6 Å². The van der Waals surface area contributed by atoms with Crippen molar-refractivity contribution in [3.63, 3.8) is 0 Å². The van der Waals surface area contributed by atoms with Gasteiger partial charge in [0.05, 0.1) is 23.1 Å². The maximum absolute atomic E-state index is 13.4. The lowest BCUT2D eigenvalue weighted by molar-refractivity contribution is -0.147. The molecule has 33 heavy (non-hydrogen) atoms. The van der Waals surface area contributed by atoms with Gasteiger partial charge in [-0.05, 0) is 30.7 Å². The quantitative estimate of drug-likeness (QED) is 0.603. The minimum atomic E-state index is -4.46. The molecule has 2 heterocycles. The van der Waals surface area contributed by atoms with Gasteiger partial charge in [-0.2, -0.15) is 13.2 Å². The average molecular weight is 482 g/mol. The summed E-state index contributed by atoms with van der Waals surface area (Å²) >= 11 is 6.64. The number of carboxylic acid groups (broad SMARTS) is 1. The van der Waals surface area contributed by atoms with Crippen molar-refractivity contribution >= 4 is 22.6 Å². The molecular weight excluding hydrogens is 459 g/mol. The number of aliphatic carboxylic acids is 1. The molecule has 2 aliphatic rings. The number of benzene rings is 2. The zero-order valence-electron chi connectivity index (χ0n) is 17.9. The number of hydrogen-bond acceptors (Lipinski definition) is 4. The Hall–Kier alpha value is -2.71. The molecule has 176 valence electrons. The molecule has 1 N–H and O–H groups in total. The molecule has 0 atom stereocenters. The predicted octanol–water partition coefficient (Wildman–Crippen LogP) is 5.34. The number of carboxylic acids is 1. The van der Waals surface area contributed by atoms with Crippen LogP contribution >= 0.6 is 11.6 Å². The number of carbonyl (C=O) groups is 1. The normalized spacial score (nSPS) is 17.1. The number of halogens is 4. The molecule has 4 rings (SSSR count). The number of likely N-dealkylation sites (tertiary alicyclic amines) is 1. The predicted molar refractivity (Wildman–Crippen MR) is 117 cm³/mol. The van der Waals surface area contributed by atoms with Crippen molar-refractivity contribution in [2.24, 2.45) is 5.92 Å². The maximum atomic E-state index is 13.4. The van der Waals surface area contributed by atoms with Crippen LogP contribution in [-0.4, -0.2) is 42.2 Å². The van der Waals surface area contributed by atoms with Crippen LogP contribution in [0.1, 0.15) is 28.7 Å². The molecular formula is C24H23ClF3NO4. The van der Waals surface area contributed by atoms with E-state index in [4.69, 9.17) is 26.2 Å². The highest BCUT2D eigenvalue weighted by Crippen LogP contribution is 2.39. The van der Waals surface area contributed by atoms with Crippen LogP contribution < -0.4 is 9.47 Å². The lowest BCUT2D eigenvalue weighted by Crippen LogP contribution is -2.50. The smallest absolute Gasteiger partial charge is 0.416 e. The van der Waals surface area contributed by atoms with E-state index in [9.17, 15) is 18.0 Å². The van der Waals surface area contributed by atoms with Crippen molar-refractivity contribution in [3.05, 3.63) is 64.2 Å². The van der Waals surface area contributed by atoms with Crippen LogP contribution in [0.3, 0.4) is 0 Å². The van der Waals surface area contributed by atoms with Gasteiger partial charge in [0.15, 0.2) is 0 Å². The summed E-state index contributed by atoms with van der Waals surface area (Å²) in [6.07, 6.45) is -3.87. The van der Waals surface area contributed by atoms with Crippen LogP contribution in [0, 0.1) is 12.8 Å². The molecule has 0 unspecified atom stereocenters. The number of alkyl halides is 3. The number of ether oxygens (including phenoxy) is 2. The molecule has 0 radical (unpaired) electrons. The minimum Gasteiger partial charge on any atom is -0.492 e. The number of fused-ring (bicyclic) bond motifs is 1. The fourth-order valence-electron chi connectivity index (χ4n) is 3.99. The third kappa shape index (κ3) is 5.28. The van der Waals surface area contributed by atoms with Crippen LogP contribution in [0.15, 0.2) is 42.0 Å². The van der Waals surface area contributed by atoms with Gasteiger partial charge in [-0.1, -0.05) is 29.3 Å². The Morgan fingerprint density at radius 2 is 2.00 bits per heavy atom. The summed E-state index contributed by atoms with van der Waals surface area (Å²) < 4.78 is 51.6. The van der Waals surface area contributed by atoms with Gasteiger partial charge in [-0.15, -0.1) is 0 Å². The third-order valence-electron chi connectivity index (χ3n) is 5.85. The molecule has 0 amide bonds. The number of hydrogen-bond donors (Lipinski definition) is 1. The van der Waals surface area contributed by atoms with E-state index in [-0.39, 0.29) is 18.1 Å². The van der Waals surface area contributed by atoms with E-state index in [0.29, 0.717) is 60.3 Å².